The lowest BCUT2D eigenvalue weighted by Crippen LogP contribution is -2.42. The Morgan fingerprint density at radius 1 is 1.36 bits per heavy atom. The Balaban J connectivity index is 2.23. The van der Waals surface area contributed by atoms with Gasteiger partial charge < -0.3 is 10.2 Å². The van der Waals surface area contributed by atoms with E-state index in [1.807, 2.05) is 11.8 Å². The Bertz CT molecular complexity index is 174. The van der Waals surface area contributed by atoms with E-state index in [1.54, 1.807) is 0 Å². The molecule has 1 aliphatic rings. The predicted octanol–water partition coefficient (Wildman–Crippen LogP) is 1.24. The second kappa shape index (κ2) is 6.02. The van der Waals surface area contributed by atoms with Crippen molar-refractivity contribution >= 4 is 5.91 Å². The van der Waals surface area contributed by atoms with Crippen LogP contribution in [-0.2, 0) is 4.79 Å². The van der Waals surface area contributed by atoms with Gasteiger partial charge in [-0.2, -0.15) is 0 Å². The first-order valence-corrected chi connectivity index (χ1v) is 5.76. The van der Waals surface area contributed by atoms with Crippen molar-refractivity contribution in [3.05, 3.63) is 0 Å². The minimum absolute atomic E-state index is 0.265. The van der Waals surface area contributed by atoms with Crippen LogP contribution in [0.5, 0.6) is 0 Å². The van der Waals surface area contributed by atoms with Crippen molar-refractivity contribution in [1.29, 1.82) is 0 Å². The molecule has 0 aromatic rings. The Morgan fingerprint density at radius 3 is 2.50 bits per heavy atom. The van der Waals surface area contributed by atoms with Crippen molar-refractivity contribution in [3.8, 4) is 0 Å². The lowest BCUT2D eigenvalue weighted by Gasteiger charge is -2.31. The molecule has 0 aliphatic carbocycles. The highest BCUT2D eigenvalue weighted by atomic mass is 16.2. The Morgan fingerprint density at radius 2 is 2.00 bits per heavy atom. The maximum Gasteiger partial charge on any atom is 0.236 e. The van der Waals surface area contributed by atoms with Crippen LogP contribution in [0.1, 0.15) is 33.1 Å². The molecule has 0 spiro atoms. The summed E-state index contributed by atoms with van der Waals surface area (Å²) >= 11 is 0. The van der Waals surface area contributed by atoms with Crippen LogP contribution in [0.4, 0.5) is 0 Å². The van der Waals surface area contributed by atoms with Crippen LogP contribution < -0.4 is 5.32 Å². The molecule has 14 heavy (non-hydrogen) atoms. The van der Waals surface area contributed by atoms with Crippen molar-refractivity contribution in [2.24, 2.45) is 5.92 Å². The second-order valence-electron chi connectivity index (χ2n) is 4.01. The summed E-state index contributed by atoms with van der Waals surface area (Å²) in [6, 6.07) is 0. The van der Waals surface area contributed by atoms with Gasteiger partial charge in [-0.3, -0.25) is 4.79 Å². The zero-order valence-corrected chi connectivity index (χ0v) is 9.38. The van der Waals surface area contributed by atoms with E-state index >= 15 is 0 Å². The van der Waals surface area contributed by atoms with E-state index < -0.39 is 0 Å². The fourth-order valence-corrected chi connectivity index (χ4v) is 1.93. The SMILES string of the molecule is CCNCC(=O)N1CCC(CC)CC1. The van der Waals surface area contributed by atoms with E-state index in [0.29, 0.717) is 6.54 Å². The molecule has 1 heterocycles. The smallest absolute Gasteiger partial charge is 0.236 e. The van der Waals surface area contributed by atoms with E-state index in [9.17, 15) is 4.79 Å². The van der Waals surface area contributed by atoms with Crippen molar-refractivity contribution in [2.45, 2.75) is 33.1 Å². The molecule has 0 radical (unpaired) electrons. The van der Waals surface area contributed by atoms with Gasteiger partial charge in [0.05, 0.1) is 6.54 Å². The highest BCUT2D eigenvalue weighted by Crippen LogP contribution is 2.19. The third-order valence-electron chi connectivity index (χ3n) is 3.07. The first kappa shape index (κ1) is 11.5. The number of hydrogen-bond acceptors (Lipinski definition) is 2. The molecule has 3 heteroatoms. The summed E-state index contributed by atoms with van der Waals surface area (Å²) in [4.78, 5) is 13.6. The number of piperidine rings is 1. The maximum absolute atomic E-state index is 11.6. The number of rotatable bonds is 4. The normalized spacial score (nSPS) is 18.6. The van der Waals surface area contributed by atoms with Crippen molar-refractivity contribution in [3.63, 3.8) is 0 Å². The van der Waals surface area contributed by atoms with Crippen LogP contribution in [0.2, 0.25) is 0 Å². The molecule has 0 saturated carbocycles. The van der Waals surface area contributed by atoms with Crippen LogP contribution in [0.25, 0.3) is 0 Å². The van der Waals surface area contributed by atoms with Gasteiger partial charge in [-0.25, -0.2) is 0 Å². The minimum atomic E-state index is 0.265. The standard InChI is InChI=1S/C11H22N2O/c1-3-10-5-7-13(8-6-10)11(14)9-12-4-2/h10,12H,3-9H2,1-2H3. The average molecular weight is 198 g/mol. The van der Waals surface area contributed by atoms with Gasteiger partial charge in [-0.1, -0.05) is 20.3 Å². The highest BCUT2D eigenvalue weighted by molar-refractivity contribution is 5.78. The molecule has 0 bridgehead atoms. The van der Waals surface area contributed by atoms with Gasteiger partial charge in [-0.15, -0.1) is 0 Å². The van der Waals surface area contributed by atoms with Crippen LogP contribution in [0, 0.1) is 5.92 Å². The number of likely N-dealkylation sites (tertiary alicyclic amines) is 1. The van der Waals surface area contributed by atoms with Gasteiger partial charge in [0.25, 0.3) is 0 Å². The van der Waals surface area contributed by atoms with Gasteiger partial charge in [0.15, 0.2) is 0 Å². The summed E-state index contributed by atoms with van der Waals surface area (Å²) < 4.78 is 0. The Hall–Kier alpha value is -0.570. The van der Waals surface area contributed by atoms with Crippen LogP contribution >= 0.6 is 0 Å². The maximum atomic E-state index is 11.6. The molecule has 0 aromatic carbocycles. The highest BCUT2D eigenvalue weighted by Gasteiger charge is 2.20. The molecule has 3 nitrogen and oxygen atoms in total. The van der Waals surface area contributed by atoms with Crippen molar-refractivity contribution in [2.75, 3.05) is 26.2 Å². The van der Waals surface area contributed by atoms with Gasteiger partial charge in [0.2, 0.25) is 5.91 Å². The first-order valence-electron chi connectivity index (χ1n) is 5.76. The summed E-state index contributed by atoms with van der Waals surface area (Å²) in [6.07, 6.45) is 3.64. The molecule has 1 amide bonds. The summed E-state index contributed by atoms with van der Waals surface area (Å²) in [6.45, 7) is 7.56. The monoisotopic (exact) mass is 198 g/mol. The van der Waals surface area contributed by atoms with Gasteiger partial charge in [0, 0.05) is 13.1 Å². The van der Waals surface area contributed by atoms with Crippen LogP contribution in [0.15, 0.2) is 0 Å². The zero-order chi connectivity index (χ0) is 10.4. The largest absolute Gasteiger partial charge is 0.342 e. The Kier molecular flexibility index (Phi) is 4.94. The molecule has 0 unspecified atom stereocenters. The summed E-state index contributed by atoms with van der Waals surface area (Å²) in [5.74, 6) is 1.11. The van der Waals surface area contributed by atoms with Gasteiger partial charge in [-0.05, 0) is 25.3 Å². The second-order valence-corrected chi connectivity index (χ2v) is 4.01. The molecule has 0 atom stereocenters. The van der Waals surface area contributed by atoms with Crippen LogP contribution in [0.3, 0.4) is 0 Å². The average Bonchev–Trinajstić information content (AvgIpc) is 2.26. The van der Waals surface area contributed by atoms with Crippen molar-refractivity contribution < 1.29 is 4.79 Å². The number of carbonyl (C=O) groups excluding carboxylic acids is 1. The minimum Gasteiger partial charge on any atom is -0.342 e. The number of carbonyl (C=O) groups is 1. The molecule has 1 aliphatic heterocycles. The summed E-state index contributed by atoms with van der Waals surface area (Å²) in [5, 5.41) is 3.08. The molecule has 1 fully saturated rings. The van der Waals surface area contributed by atoms with E-state index in [0.717, 1.165) is 25.6 Å². The van der Waals surface area contributed by atoms with Gasteiger partial charge in [0.1, 0.15) is 0 Å². The third kappa shape index (κ3) is 3.29. The number of likely N-dealkylation sites (N-methyl/N-ethyl adjacent to an activating group) is 1. The summed E-state index contributed by atoms with van der Waals surface area (Å²) in [7, 11) is 0. The first-order chi connectivity index (χ1) is 6.77. The molecule has 1 N–H and O–H groups in total. The quantitative estimate of drug-likeness (QED) is 0.737. The molecule has 1 rings (SSSR count). The number of nitrogens with one attached hydrogen (secondary N) is 1. The topological polar surface area (TPSA) is 32.3 Å². The van der Waals surface area contributed by atoms with E-state index in [-0.39, 0.29) is 5.91 Å². The molecule has 0 aromatic heterocycles. The molecular weight excluding hydrogens is 176 g/mol. The third-order valence-corrected chi connectivity index (χ3v) is 3.07. The van der Waals surface area contributed by atoms with E-state index in [1.165, 1.54) is 19.3 Å². The molecule has 1 saturated heterocycles. The fraction of sp³-hybridized carbons (Fsp3) is 0.909. The van der Waals surface area contributed by atoms with E-state index in [4.69, 9.17) is 0 Å². The summed E-state index contributed by atoms with van der Waals surface area (Å²) in [5.41, 5.74) is 0. The van der Waals surface area contributed by atoms with Crippen LogP contribution in [-0.4, -0.2) is 37.0 Å². The van der Waals surface area contributed by atoms with Crippen molar-refractivity contribution in [1.82, 2.24) is 10.2 Å². The number of nitrogens with zero attached hydrogens (tertiary/aromatic N) is 1. The number of hydrogen-bond donors (Lipinski definition) is 1. The fourth-order valence-electron chi connectivity index (χ4n) is 1.93. The van der Waals surface area contributed by atoms with Gasteiger partial charge >= 0.3 is 0 Å². The lowest BCUT2D eigenvalue weighted by atomic mass is 9.94. The Labute approximate surface area is 86.9 Å². The zero-order valence-electron chi connectivity index (χ0n) is 9.38. The number of amides is 1. The van der Waals surface area contributed by atoms with E-state index in [2.05, 4.69) is 12.2 Å². The predicted molar refractivity (Wildman–Crippen MR) is 58.1 cm³/mol. The molecular formula is C11H22N2O. The molecule has 82 valence electrons. The lowest BCUT2D eigenvalue weighted by molar-refractivity contribution is -0.131.